The molecule has 0 aromatic rings. The zero-order valence-electron chi connectivity index (χ0n) is 11.8. The van der Waals surface area contributed by atoms with Crippen molar-refractivity contribution >= 4 is 0 Å². The Labute approximate surface area is 107 Å². The van der Waals surface area contributed by atoms with Crippen LogP contribution in [0.3, 0.4) is 0 Å². The molecule has 3 nitrogen and oxygen atoms in total. The lowest BCUT2D eigenvalue weighted by atomic mass is 10.0. The molecule has 2 aliphatic heterocycles. The molecule has 3 unspecified atom stereocenters. The average Bonchev–Trinajstić information content (AvgIpc) is 2.68. The molecule has 2 saturated heterocycles. The number of rotatable bonds is 4. The van der Waals surface area contributed by atoms with E-state index in [-0.39, 0.29) is 0 Å². The summed E-state index contributed by atoms with van der Waals surface area (Å²) in [5.74, 6) is 0. The highest BCUT2D eigenvalue weighted by Gasteiger charge is 2.31. The maximum atomic E-state index is 3.47. The Morgan fingerprint density at radius 2 is 2.00 bits per heavy atom. The SMILES string of the molecule is CCC(NC)C(C)N1CCCN2CCCC2C1. The molecule has 0 amide bonds. The van der Waals surface area contributed by atoms with Crippen molar-refractivity contribution in [1.29, 1.82) is 0 Å². The zero-order chi connectivity index (χ0) is 12.3. The van der Waals surface area contributed by atoms with Crippen LogP contribution in [-0.2, 0) is 0 Å². The largest absolute Gasteiger partial charge is 0.315 e. The van der Waals surface area contributed by atoms with Gasteiger partial charge in [0.05, 0.1) is 0 Å². The van der Waals surface area contributed by atoms with E-state index in [4.69, 9.17) is 0 Å². The van der Waals surface area contributed by atoms with Crippen LogP contribution < -0.4 is 5.32 Å². The van der Waals surface area contributed by atoms with Crippen LogP contribution in [0.15, 0.2) is 0 Å². The van der Waals surface area contributed by atoms with Crippen LogP contribution in [0.25, 0.3) is 0 Å². The third kappa shape index (κ3) is 3.01. The van der Waals surface area contributed by atoms with E-state index in [1.807, 2.05) is 0 Å². The molecule has 2 heterocycles. The molecule has 2 fully saturated rings. The first kappa shape index (κ1) is 13.3. The summed E-state index contributed by atoms with van der Waals surface area (Å²) in [4.78, 5) is 5.44. The molecule has 0 radical (unpaired) electrons. The fourth-order valence-corrected chi connectivity index (χ4v) is 3.65. The van der Waals surface area contributed by atoms with Crippen LogP contribution in [0, 0.1) is 0 Å². The predicted octanol–water partition coefficient (Wildman–Crippen LogP) is 1.54. The Morgan fingerprint density at radius 1 is 1.24 bits per heavy atom. The number of nitrogens with one attached hydrogen (secondary N) is 1. The fraction of sp³-hybridized carbons (Fsp3) is 1.00. The predicted molar refractivity (Wildman–Crippen MR) is 73.4 cm³/mol. The number of hydrogen-bond acceptors (Lipinski definition) is 3. The zero-order valence-corrected chi connectivity index (χ0v) is 11.8. The molecule has 2 aliphatic rings. The van der Waals surface area contributed by atoms with E-state index in [2.05, 4.69) is 36.0 Å². The molecule has 100 valence electrons. The summed E-state index contributed by atoms with van der Waals surface area (Å²) in [7, 11) is 2.10. The van der Waals surface area contributed by atoms with Gasteiger partial charge >= 0.3 is 0 Å². The van der Waals surface area contributed by atoms with Gasteiger partial charge in [-0.1, -0.05) is 6.92 Å². The summed E-state index contributed by atoms with van der Waals surface area (Å²) in [6.07, 6.45) is 5.40. The van der Waals surface area contributed by atoms with Gasteiger partial charge in [-0.3, -0.25) is 9.80 Å². The smallest absolute Gasteiger partial charge is 0.0223 e. The van der Waals surface area contributed by atoms with Gasteiger partial charge in [-0.15, -0.1) is 0 Å². The topological polar surface area (TPSA) is 18.5 Å². The van der Waals surface area contributed by atoms with Gasteiger partial charge in [-0.2, -0.15) is 0 Å². The lowest BCUT2D eigenvalue weighted by Gasteiger charge is -2.35. The average molecular weight is 239 g/mol. The number of nitrogens with zero attached hydrogens (tertiary/aromatic N) is 2. The third-order valence-corrected chi connectivity index (χ3v) is 4.80. The summed E-state index contributed by atoms with van der Waals surface area (Å²) < 4.78 is 0. The molecular formula is C14H29N3. The van der Waals surface area contributed by atoms with Crippen molar-refractivity contribution in [2.75, 3.05) is 33.2 Å². The summed E-state index contributed by atoms with van der Waals surface area (Å²) in [5.41, 5.74) is 0. The van der Waals surface area contributed by atoms with E-state index in [0.29, 0.717) is 12.1 Å². The second-order valence-electron chi connectivity index (χ2n) is 5.72. The Hall–Kier alpha value is -0.120. The van der Waals surface area contributed by atoms with Crippen molar-refractivity contribution in [3.8, 4) is 0 Å². The molecule has 0 spiro atoms. The second kappa shape index (κ2) is 6.17. The highest BCUT2D eigenvalue weighted by molar-refractivity contribution is 4.89. The number of hydrogen-bond donors (Lipinski definition) is 1. The van der Waals surface area contributed by atoms with Crippen molar-refractivity contribution in [3.63, 3.8) is 0 Å². The van der Waals surface area contributed by atoms with Gasteiger partial charge in [0.2, 0.25) is 0 Å². The van der Waals surface area contributed by atoms with E-state index in [0.717, 1.165) is 6.04 Å². The Balaban J connectivity index is 1.95. The normalized spacial score (nSPS) is 30.9. The van der Waals surface area contributed by atoms with Crippen molar-refractivity contribution in [2.24, 2.45) is 0 Å². The standard InChI is InChI=1S/C14H29N3/c1-4-14(15-3)12(2)17-10-6-9-16-8-5-7-13(16)11-17/h12-15H,4-11H2,1-3H3. The first-order chi connectivity index (χ1) is 8.26. The Kier molecular flexibility index (Phi) is 4.83. The highest BCUT2D eigenvalue weighted by Crippen LogP contribution is 2.23. The van der Waals surface area contributed by atoms with Crippen molar-refractivity contribution < 1.29 is 0 Å². The molecule has 2 rings (SSSR count). The monoisotopic (exact) mass is 239 g/mol. The molecule has 17 heavy (non-hydrogen) atoms. The van der Waals surface area contributed by atoms with Gasteiger partial charge in [0.1, 0.15) is 0 Å². The minimum Gasteiger partial charge on any atom is -0.315 e. The van der Waals surface area contributed by atoms with Crippen LogP contribution in [0.4, 0.5) is 0 Å². The molecule has 3 heteroatoms. The minimum atomic E-state index is 0.642. The molecule has 0 aromatic carbocycles. The molecule has 0 aromatic heterocycles. The third-order valence-electron chi connectivity index (χ3n) is 4.80. The molecule has 3 atom stereocenters. The van der Waals surface area contributed by atoms with Crippen molar-refractivity contribution in [3.05, 3.63) is 0 Å². The molecule has 1 N–H and O–H groups in total. The summed E-state index contributed by atoms with van der Waals surface area (Å²) in [6, 6.07) is 2.16. The van der Waals surface area contributed by atoms with Crippen LogP contribution >= 0.6 is 0 Å². The maximum absolute atomic E-state index is 3.47. The lowest BCUT2D eigenvalue weighted by molar-refractivity contribution is 0.153. The Bertz CT molecular complexity index is 228. The van der Waals surface area contributed by atoms with E-state index < -0.39 is 0 Å². The summed E-state index contributed by atoms with van der Waals surface area (Å²) in [6.45, 7) is 9.93. The van der Waals surface area contributed by atoms with Gasteiger partial charge < -0.3 is 5.32 Å². The maximum Gasteiger partial charge on any atom is 0.0223 e. The van der Waals surface area contributed by atoms with Crippen LogP contribution in [0.2, 0.25) is 0 Å². The second-order valence-corrected chi connectivity index (χ2v) is 5.72. The van der Waals surface area contributed by atoms with E-state index in [1.165, 1.54) is 51.9 Å². The number of fused-ring (bicyclic) bond motifs is 1. The van der Waals surface area contributed by atoms with E-state index >= 15 is 0 Å². The molecule has 0 saturated carbocycles. The van der Waals surface area contributed by atoms with Crippen molar-refractivity contribution in [1.82, 2.24) is 15.1 Å². The minimum absolute atomic E-state index is 0.642. The summed E-state index contributed by atoms with van der Waals surface area (Å²) in [5, 5.41) is 3.47. The first-order valence-corrected chi connectivity index (χ1v) is 7.41. The van der Waals surface area contributed by atoms with Gasteiger partial charge in [-0.25, -0.2) is 0 Å². The van der Waals surface area contributed by atoms with Crippen molar-refractivity contribution in [2.45, 2.75) is 57.7 Å². The molecule has 0 bridgehead atoms. The van der Waals surface area contributed by atoms with Gasteiger partial charge in [-0.05, 0) is 59.3 Å². The van der Waals surface area contributed by atoms with Gasteiger partial charge in [0.25, 0.3) is 0 Å². The van der Waals surface area contributed by atoms with E-state index in [1.54, 1.807) is 0 Å². The quantitative estimate of drug-likeness (QED) is 0.803. The number of likely N-dealkylation sites (N-methyl/N-ethyl adjacent to an activating group) is 1. The van der Waals surface area contributed by atoms with Crippen LogP contribution in [0.5, 0.6) is 0 Å². The highest BCUT2D eigenvalue weighted by atomic mass is 15.3. The van der Waals surface area contributed by atoms with Gasteiger partial charge in [0.15, 0.2) is 0 Å². The first-order valence-electron chi connectivity index (χ1n) is 7.41. The fourth-order valence-electron chi connectivity index (χ4n) is 3.65. The lowest BCUT2D eigenvalue weighted by Crippen LogP contribution is -2.49. The molecular weight excluding hydrogens is 210 g/mol. The summed E-state index contributed by atoms with van der Waals surface area (Å²) >= 11 is 0. The molecule has 0 aliphatic carbocycles. The van der Waals surface area contributed by atoms with Crippen LogP contribution in [-0.4, -0.2) is 61.2 Å². The van der Waals surface area contributed by atoms with Crippen LogP contribution in [0.1, 0.15) is 39.5 Å². The van der Waals surface area contributed by atoms with Gasteiger partial charge in [0, 0.05) is 24.7 Å². The Morgan fingerprint density at radius 3 is 2.71 bits per heavy atom. The van der Waals surface area contributed by atoms with E-state index in [9.17, 15) is 0 Å².